The minimum absolute atomic E-state index is 0.171. The van der Waals surface area contributed by atoms with Gasteiger partial charge < -0.3 is 19.7 Å². The second kappa shape index (κ2) is 9.51. The molecule has 0 spiro atoms. The molecular weight excluding hydrogens is 387 g/mol. The third kappa shape index (κ3) is 5.32. The van der Waals surface area contributed by atoms with Crippen molar-refractivity contribution in [1.82, 2.24) is 14.9 Å². The molecule has 0 unspecified atom stereocenters. The van der Waals surface area contributed by atoms with Crippen LogP contribution in [0.4, 0.5) is 16.0 Å². The molecule has 154 valence electrons. The number of hydrogen-bond acceptors (Lipinski definition) is 6. The van der Waals surface area contributed by atoms with Crippen molar-refractivity contribution in [2.45, 2.75) is 6.54 Å². The Kier molecular flexibility index (Phi) is 6.59. The quantitative estimate of drug-likeness (QED) is 0.560. The van der Waals surface area contributed by atoms with Gasteiger partial charge in [-0.25, -0.2) is 4.98 Å². The molecule has 0 bridgehead atoms. The lowest BCUT2D eigenvalue weighted by molar-refractivity contribution is -0.125. The summed E-state index contributed by atoms with van der Waals surface area (Å²) < 4.78 is 24.8. The van der Waals surface area contributed by atoms with Crippen LogP contribution in [-0.2, 0) is 11.3 Å². The highest BCUT2D eigenvalue weighted by atomic mass is 19.1. The Morgan fingerprint density at radius 2 is 1.83 bits per heavy atom. The first kappa shape index (κ1) is 20.8. The molecule has 0 aliphatic heterocycles. The van der Waals surface area contributed by atoms with E-state index in [9.17, 15) is 9.18 Å². The third-order valence-corrected chi connectivity index (χ3v) is 4.17. The van der Waals surface area contributed by atoms with Gasteiger partial charge in [0.25, 0.3) is 5.88 Å². The van der Waals surface area contributed by atoms with Gasteiger partial charge in [-0.05, 0) is 48.0 Å². The van der Waals surface area contributed by atoms with E-state index in [2.05, 4.69) is 21.9 Å². The lowest BCUT2D eigenvalue weighted by atomic mass is 10.2. The molecule has 8 heteroatoms. The summed E-state index contributed by atoms with van der Waals surface area (Å²) in [6, 6.07) is 14.1. The van der Waals surface area contributed by atoms with Gasteiger partial charge in [0, 0.05) is 19.3 Å². The van der Waals surface area contributed by atoms with Crippen LogP contribution in [0.25, 0.3) is 0 Å². The molecule has 7 nitrogen and oxygen atoms in total. The van der Waals surface area contributed by atoms with Crippen LogP contribution in [-0.4, -0.2) is 34.9 Å². The number of carbonyl (C=O) groups is 1. The number of rotatable bonds is 8. The zero-order valence-electron chi connectivity index (χ0n) is 16.6. The molecule has 3 rings (SSSR count). The van der Waals surface area contributed by atoms with Gasteiger partial charge in [-0.2, -0.15) is 9.37 Å². The number of methoxy groups -OCH3 is 1. The molecule has 1 heterocycles. The van der Waals surface area contributed by atoms with E-state index in [-0.39, 0.29) is 17.7 Å². The van der Waals surface area contributed by atoms with Gasteiger partial charge in [0.1, 0.15) is 11.5 Å². The van der Waals surface area contributed by atoms with Crippen molar-refractivity contribution in [2.75, 3.05) is 19.5 Å². The van der Waals surface area contributed by atoms with E-state index in [0.29, 0.717) is 18.0 Å². The fourth-order valence-corrected chi connectivity index (χ4v) is 2.57. The Hall–Kier alpha value is -3.94. The van der Waals surface area contributed by atoms with Crippen molar-refractivity contribution in [2.24, 2.45) is 0 Å². The Labute approximate surface area is 173 Å². The van der Waals surface area contributed by atoms with Crippen molar-refractivity contribution in [3.05, 3.63) is 78.8 Å². The number of likely N-dealkylation sites (N-methyl/N-ethyl adjacent to an activating group) is 1. The number of benzene rings is 2. The number of anilines is 2. The lowest BCUT2D eigenvalue weighted by Gasteiger charge is -2.15. The van der Waals surface area contributed by atoms with Gasteiger partial charge in [0.15, 0.2) is 0 Å². The molecule has 30 heavy (non-hydrogen) atoms. The lowest BCUT2D eigenvalue weighted by Crippen LogP contribution is -2.23. The van der Waals surface area contributed by atoms with E-state index in [1.807, 2.05) is 0 Å². The Morgan fingerprint density at radius 3 is 2.47 bits per heavy atom. The predicted molar refractivity (Wildman–Crippen MR) is 111 cm³/mol. The van der Waals surface area contributed by atoms with Crippen LogP contribution in [0.5, 0.6) is 17.4 Å². The SMILES string of the molecule is C=CC(=O)N(C)Cc1ccc(Oc2nc(Nc3ccc(OC)cc3)ncc2F)cc1. The minimum atomic E-state index is -0.685. The molecule has 3 aromatic rings. The molecule has 0 aliphatic rings. The second-order valence-electron chi connectivity index (χ2n) is 6.34. The van der Waals surface area contributed by atoms with Gasteiger partial charge in [0.05, 0.1) is 13.3 Å². The van der Waals surface area contributed by atoms with Gasteiger partial charge in [-0.1, -0.05) is 18.7 Å². The summed E-state index contributed by atoms with van der Waals surface area (Å²) >= 11 is 0. The summed E-state index contributed by atoms with van der Waals surface area (Å²) in [6.45, 7) is 3.88. The predicted octanol–water partition coefficient (Wildman–Crippen LogP) is 4.30. The van der Waals surface area contributed by atoms with E-state index in [1.54, 1.807) is 62.7 Å². The van der Waals surface area contributed by atoms with Crippen LogP contribution < -0.4 is 14.8 Å². The molecule has 0 fully saturated rings. The van der Waals surface area contributed by atoms with Gasteiger partial charge in [-0.3, -0.25) is 4.79 Å². The highest BCUT2D eigenvalue weighted by Gasteiger charge is 2.11. The number of halogens is 1. The van der Waals surface area contributed by atoms with E-state index >= 15 is 0 Å². The van der Waals surface area contributed by atoms with Crippen LogP contribution in [0, 0.1) is 5.82 Å². The Bertz CT molecular complexity index is 1020. The van der Waals surface area contributed by atoms with Crippen LogP contribution in [0.2, 0.25) is 0 Å². The first-order valence-electron chi connectivity index (χ1n) is 9.06. The minimum Gasteiger partial charge on any atom is -0.497 e. The first-order valence-corrected chi connectivity index (χ1v) is 9.06. The number of amides is 1. The van der Waals surface area contributed by atoms with Crippen LogP contribution in [0.3, 0.4) is 0 Å². The van der Waals surface area contributed by atoms with Gasteiger partial charge >= 0.3 is 0 Å². The molecule has 1 amide bonds. The van der Waals surface area contributed by atoms with E-state index in [0.717, 1.165) is 17.4 Å². The number of hydrogen-bond donors (Lipinski definition) is 1. The van der Waals surface area contributed by atoms with Gasteiger partial charge in [0.2, 0.25) is 17.7 Å². The highest BCUT2D eigenvalue weighted by molar-refractivity contribution is 5.86. The zero-order chi connectivity index (χ0) is 21.5. The Balaban J connectivity index is 1.69. The standard InChI is InChI=1S/C22H21FN4O3/c1-4-20(28)27(2)14-15-5-9-18(10-6-15)30-21-19(23)13-24-22(26-21)25-16-7-11-17(29-3)12-8-16/h4-13H,1,14H2,2-3H3,(H,24,25,26). The average Bonchev–Trinajstić information content (AvgIpc) is 2.77. The molecular formula is C22H21FN4O3. The summed E-state index contributed by atoms with van der Waals surface area (Å²) in [7, 11) is 3.27. The first-order chi connectivity index (χ1) is 14.5. The van der Waals surface area contributed by atoms with Crippen molar-refractivity contribution >= 4 is 17.5 Å². The third-order valence-electron chi connectivity index (χ3n) is 4.17. The number of carbonyl (C=O) groups excluding carboxylic acids is 1. The van der Waals surface area contributed by atoms with Gasteiger partial charge in [-0.15, -0.1) is 0 Å². The molecule has 0 atom stereocenters. The normalized spacial score (nSPS) is 10.2. The zero-order valence-corrected chi connectivity index (χ0v) is 16.6. The summed E-state index contributed by atoms with van der Waals surface area (Å²) in [5.41, 5.74) is 1.61. The number of nitrogens with zero attached hydrogens (tertiary/aromatic N) is 3. The second-order valence-corrected chi connectivity index (χ2v) is 6.34. The molecule has 0 saturated heterocycles. The fourth-order valence-electron chi connectivity index (χ4n) is 2.57. The van der Waals surface area contributed by atoms with Crippen LogP contribution >= 0.6 is 0 Å². The maximum atomic E-state index is 14.1. The van der Waals surface area contributed by atoms with Crippen LogP contribution in [0.15, 0.2) is 67.4 Å². The van der Waals surface area contributed by atoms with E-state index in [1.165, 1.54) is 11.0 Å². The highest BCUT2D eigenvalue weighted by Crippen LogP contribution is 2.25. The smallest absolute Gasteiger partial charge is 0.260 e. The molecule has 0 saturated carbocycles. The molecule has 2 aromatic carbocycles. The number of nitrogens with one attached hydrogen (secondary N) is 1. The Morgan fingerprint density at radius 1 is 1.17 bits per heavy atom. The summed E-state index contributed by atoms with van der Waals surface area (Å²) in [5, 5.41) is 2.99. The largest absolute Gasteiger partial charge is 0.497 e. The van der Waals surface area contributed by atoms with Crippen molar-refractivity contribution in [1.29, 1.82) is 0 Å². The number of ether oxygens (including phenoxy) is 2. The molecule has 0 radical (unpaired) electrons. The van der Waals surface area contributed by atoms with Crippen molar-refractivity contribution in [3.63, 3.8) is 0 Å². The number of aromatic nitrogens is 2. The molecule has 1 aromatic heterocycles. The average molecular weight is 408 g/mol. The van der Waals surface area contributed by atoms with Crippen molar-refractivity contribution in [3.8, 4) is 17.4 Å². The summed E-state index contributed by atoms with van der Waals surface area (Å²) in [6.07, 6.45) is 2.30. The monoisotopic (exact) mass is 408 g/mol. The molecule has 0 aliphatic carbocycles. The van der Waals surface area contributed by atoms with E-state index in [4.69, 9.17) is 9.47 Å². The van der Waals surface area contributed by atoms with Crippen LogP contribution in [0.1, 0.15) is 5.56 Å². The maximum Gasteiger partial charge on any atom is 0.260 e. The maximum absolute atomic E-state index is 14.1. The topological polar surface area (TPSA) is 76.6 Å². The van der Waals surface area contributed by atoms with E-state index < -0.39 is 5.82 Å². The fraction of sp³-hybridized carbons (Fsp3) is 0.136. The molecule has 1 N–H and O–H groups in total. The summed E-state index contributed by atoms with van der Waals surface area (Å²) in [4.78, 5) is 21.1. The van der Waals surface area contributed by atoms with Crippen molar-refractivity contribution < 1.29 is 18.7 Å². The summed E-state index contributed by atoms with van der Waals surface area (Å²) in [5.74, 6) is 0.258.